The number of Topliss-reactive ketones (excluding diaryl/α,β-unsaturated/α-hetero) is 1. The Kier molecular flexibility index (Phi) is 4.42. The van der Waals surface area contributed by atoms with E-state index in [4.69, 9.17) is 9.84 Å². The smallest absolute Gasteiger partial charge is 0.352 e. The van der Waals surface area contributed by atoms with Crippen LogP contribution in [0.1, 0.15) is 19.8 Å². The molecule has 0 spiro atoms. The van der Waals surface area contributed by atoms with Crippen LogP contribution >= 0.6 is 0 Å². The van der Waals surface area contributed by atoms with Gasteiger partial charge in [0.05, 0.1) is 0 Å². The number of ether oxygens (including phenoxy) is 2. The van der Waals surface area contributed by atoms with Gasteiger partial charge < -0.3 is 14.6 Å². The Morgan fingerprint density at radius 3 is 2.31 bits per heavy atom. The Balaban J connectivity index is 2.65. The molecule has 1 heterocycles. The third-order valence-corrected chi connectivity index (χ3v) is 2.39. The standard InChI is InChI=1S/C10H14O6/c1-6(11)16-9(10(13)14)8(12)7-2-4-15-5-3-7/h7,9H,2-5H2,1H3,(H,13,14). The lowest BCUT2D eigenvalue weighted by molar-refractivity contribution is -0.168. The molecule has 16 heavy (non-hydrogen) atoms. The average Bonchev–Trinajstić information content (AvgIpc) is 2.25. The van der Waals surface area contributed by atoms with Gasteiger partial charge in [0.1, 0.15) is 0 Å². The van der Waals surface area contributed by atoms with Crippen molar-refractivity contribution in [2.24, 2.45) is 5.92 Å². The van der Waals surface area contributed by atoms with Gasteiger partial charge in [-0.1, -0.05) is 0 Å². The first-order valence-corrected chi connectivity index (χ1v) is 5.04. The molecule has 1 aliphatic heterocycles. The van der Waals surface area contributed by atoms with Crippen molar-refractivity contribution in [3.63, 3.8) is 0 Å². The van der Waals surface area contributed by atoms with Gasteiger partial charge in [-0.15, -0.1) is 0 Å². The van der Waals surface area contributed by atoms with E-state index in [0.29, 0.717) is 26.1 Å². The molecular weight excluding hydrogens is 216 g/mol. The number of aliphatic carboxylic acids is 1. The molecule has 1 N–H and O–H groups in total. The highest BCUT2D eigenvalue weighted by Gasteiger charge is 2.35. The maximum absolute atomic E-state index is 11.8. The molecule has 0 aromatic carbocycles. The highest BCUT2D eigenvalue weighted by molar-refractivity contribution is 6.03. The maximum Gasteiger partial charge on any atom is 0.352 e. The third-order valence-electron chi connectivity index (χ3n) is 2.39. The Labute approximate surface area is 92.5 Å². The van der Waals surface area contributed by atoms with Crippen molar-refractivity contribution in [1.82, 2.24) is 0 Å². The van der Waals surface area contributed by atoms with Crippen LogP contribution in [0.25, 0.3) is 0 Å². The summed E-state index contributed by atoms with van der Waals surface area (Å²) in [4.78, 5) is 33.2. The summed E-state index contributed by atoms with van der Waals surface area (Å²) in [6, 6.07) is 0. The number of hydrogen-bond acceptors (Lipinski definition) is 5. The fourth-order valence-electron chi connectivity index (χ4n) is 1.59. The molecular formula is C10H14O6. The van der Waals surface area contributed by atoms with Crippen molar-refractivity contribution in [2.45, 2.75) is 25.9 Å². The van der Waals surface area contributed by atoms with Gasteiger partial charge in [0.2, 0.25) is 0 Å². The van der Waals surface area contributed by atoms with Crippen LogP contribution in [0.4, 0.5) is 0 Å². The van der Waals surface area contributed by atoms with Crippen LogP contribution in [0, 0.1) is 5.92 Å². The van der Waals surface area contributed by atoms with Crippen LogP contribution in [0.2, 0.25) is 0 Å². The van der Waals surface area contributed by atoms with E-state index >= 15 is 0 Å². The molecule has 0 aromatic heterocycles. The first-order chi connectivity index (χ1) is 7.52. The summed E-state index contributed by atoms with van der Waals surface area (Å²) in [5, 5.41) is 8.79. The average molecular weight is 230 g/mol. The molecule has 1 fully saturated rings. The van der Waals surface area contributed by atoms with Crippen molar-refractivity contribution in [3.05, 3.63) is 0 Å². The van der Waals surface area contributed by atoms with E-state index < -0.39 is 29.7 Å². The molecule has 1 atom stereocenters. The van der Waals surface area contributed by atoms with Crippen LogP contribution in [0.3, 0.4) is 0 Å². The van der Waals surface area contributed by atoms with Crippen molar-refractivity contribution in [2.75, 3.05) is 13.2 Å². The SMILES string of the molecule is CC(=O)OC(C(=O)O)C(=O)C1CCOCC1. The maximum atomic E-state index is 11.8. The first-order valence-electron chi connectivity index (χ1n) is 5.04. The predicted octanol–water partition coefficient (Wildman–Crippen LogP) is -0.00160. The molecule has 0 radical (unpaired) electrons. The zero-order valence-electron chi connectivity index (χ0n) is 8.97. The number of ketones is 1. The van der Waals surface area contributed by atoms with Gasteiger partial charge >= 0.3 is 11.9 Å². The molecule has 6 nitrogen and oxygen atoms in total. The lowest BCUT2D eigenvalue weighted by Crippen LogP contribution is -2.40. The van der Waals surface area contributed by atoms with E-state index in [1.165, 1.54) is 0 Å². The molecule has 0 aliphatic carbocycles. The third kappa shape index (κ3) is 3.30. The van der Waals surface area contributed by atoms with Crippen molar-refractivity contribution in [1.29, 1.82) is 0 Å². The Hall–Kier alpha value is -1.43. The van der Waals surface area contributed by atoms with E-state index in [0.717, 1.165) is 6.92 Å². The molecule has 0 saturated carbocycles. The molecule has 90 valence electrons. The van der Waals surface area contributed by atoms with Gasteiger partial charge in [-0.05, 0) is 12.8 Å². The van der Waals surface area contributed by atoms with Gasteiger partial charge in [-0.25, -0.2) is 4.79 Å². The molecule has 0 amide bonds. The van der Waals surface area contributed by atoms with Crippen LogP contribution in [0.15, 0.2) is 0 Å². The fraction of sp³-hybridized carbons (Fsp3) is 0.700. The van der Waals surface area contributed by atoms with Gasteiger partial charge in [-0.2, -0.15) is 0 Å². The van der Waals surface area contributed by atoms with Crippen LogP contribution in [-0.4, -0.2) is 42.1 Å². The minimum atomic E-state index is -1.68. The minimum absolute atomic E-state index is 0.394. The summed E-state index contributed by atoms with van der Waals surface area (Å²) in [5.74, 6) is -3.14. The lowest BCUT2D eigenvalue weighted by atomic mass is 9.92. The molecule has 0 bridgehead atoms. The molecule has 1 aliphatic rings. The largest absolute Gasteiger partial charge is 0.478 e. The Bertz CT molecular complexity index is 292. The second kappa shape index (κ2) is 5.60. The summed E-state index contributed by atoms with van der Waals surface area (Å²) in [6.07, 6.45) is -0.728. The Morgan fingerprint density at radius 2 is 1.88 bits per heavy atom. The monoisotopic (exact) mass is 230 g/mol. The second-order valence-corrected chi connectivity index (χ2v) is 3.62. The second-order valence-electron chi connectivity index (χ2n) is 3.62. The summed E-state index contributed by atoms with van der Waals surface area (Å²) in [6.45, 7) is 1.94. The van der Waals surface area contributed by atoms with Gasteiger partial charge in [0.15, 0.2) is 5.78 Å². The summed E-state index contributed by atoms with van der Waals surface area (Å²) in [5.41, 5.74) is 0. The number of carboxylic acid groups (broad SMARTS) is 1. The number of esters is 1. The van der Waals surface area contributed by atoms with E-state index in [2.05, 4.69) is 4.74 Å². The minimum Gasteiger partial charge on any atom is -0.478 e. The molecule has 1 rings (SSSR count). The topological polar surface area (TPSA) is 89.9 Å². The zero-order chi connectivity index (χ0) is 12.1. The molecule has 0 aromatic rings. The number of rotatable bonds is 4. The zero-order valence-corrected chi connectivity index (χ0v) is 8.97. The van der Waals surface area contributed by atoms with Crippen LogP contribution in [-0.2, 0) is 23.9 Å². The number of carbonyl (C=O) groups excluding carboxylic acids is 2. The van der Waals surface area contributed by atoms with Crippen LogP contribution in [0.5, 0.6) is 0 Å². The molecule has 1 unspecified atom stereocenters. The first kappa shape index (κ1) is 12.6. The van der Waals surface area contributed by atoms with E-state index in [9.17, 15) is 14.4 Å². The molecule has 6 heteroatoms. The van der Waals surface area contributed by atoms with Crippen molar-refractivity contribution >= 4 is 17.7 Å². The van der Waals surface area contributed by atoms with Crippen molar-refractivity contribution in [3.8, 4) is 0 Å². The quantitative estimate of drug-likeness (QED) is 0.540. The summed E-state index contributed by atoms with van der Waals surface area (Å²) >= 11 is 0. The number of carboxylic acids is 1. The van der Waals surface area contributed by atoms with E-state index in [-0.39, 0.29) is 0 Å². The number of hydrogen-bond donors (Lipinski definition) is 1. The van der Waals surface area contributed by atoms with Gasteiger partial charge in [0, 0.05) is 26.1 Å². The highest BCUT2D eigenvalue weighted by atomic mass is 16.6. The van der Waals surface area contributed by atoms with E-state index in [1.54, 1.807) is 0 Å². The lowest BCUT2D eigenvalue weighted by Gasteiger charge is -2.23. The normalized spacial score (nSPS) is 18.8. The van der Waals surface area contributed by atoms with E-state index in [1.807, 2.05) is 0 Å². The summed E-state index contributed by atoms with van der Waals surface area (Å²) < 4.78 is 9.56. The van der Waals surface area contributed by atoms with Gasteiger partial charge in [-0.3, -0.25) is 9.59 Å². The van der Waals surface area contributed by atoms with Crippen LogP contribution < -0.4 is 0 Å². The highest BCUT2D eigenvalue weighted by Crippen LogP contribution is 2.18. The fourth-order valence-corrected chi connectivity index (χ4v) is 1.59. The van der Waals surface area contributed by atoms with Crippen molar-refractivity contribution < 1.29 is 29.0 Å². The Morgan fingerprint density at radius 1 is 1.31 bits per heavy atom. The number of carbonyl (C=O) groups is 3. The predicted molar refractivity (Wildman–Crippen MR) is 51.7 cm³/mol. The summed E-state index contributed by atoms with van der Waals surface area (Å²) in [7, 11) is 0. The van der Waals surface area contributed by atoms with Gasteiger partial charge in [0.25, 0.3) is 6.10 Å². The molecule has 1 saturated heterocycles.